The molecule has 2 heterocycles. The predicted molar refractivity (Wildman–Crippen MR) is 129 cm³/mol. The molecule has 38 heavy (non-hydrogen) atoms. The molecule has 0 aliphatic carbocycles. The van der Waals surface area contributed by atoms with Gasteiger partial charge in [0, 0.05) is 18.8 Å². The summed E-state index contributed by atoms with van der Waals surface area (Å²) in [7, 11) is -4.19. The van der Waals surface area contributed by atoms with Crippen molar-refractivity contribution in [3.8, 4) is 12.1 Å². The van der Waals surface area contributed by atoms with Crippen LogP contribution in [-0.2, 0) is 20.9 Å². The quantitative estimate of drug-likeness (QED) is 0.564. The Morgan fingerprint density at radius 2 is 1.95 bits per heavy atom. The number of carbonyl (C=O) groups is 1. The second-order valence-corrected chi connectivity index (χ2v) is 10.6. The zero-order valence-corrected chi connectivity index (χ0v) is 20.9. The van der Waals surface area contributed by atoms with Crippen LogP contribution in [0.4, 0.5) is 23.7 Å². The summed E-state index contributed by atoms with van der Waals surface area (Å²) in [4.78, 5) is 13.8. The molecule has 2 atom stereocenters. The third-order valence-corrected chi connectivity index (χ3v) is 7.85. The summed E-state index contributed by atoms with van der Waals surface area (Å²) >= 11 is 0. The largest absolute Gasteiger partial charge is 0.416 e. The number of amides is 2. The maximum atomic E-state index is 13.3. The van der Waals surface area contributed by atoms with Gasteiger partial charge in [0.05, 0.1) is 52.1 Å². The van der Waals surface area contributed by atoms with Gasteiger partial charge in [-0.2, -0.15) is 23.7 Å². The van der Waals surface area contributed by atoms with E-state index in [2.05, 4.69) is 10.0 Å². The zero-order chi connectivity index (χ0) is 27.7. The third kappa shape index (κ3) is 5.36. The van der Waals surface area contributed by atoms with Crippen molar-refractivity contribution in [3.63, 3.8) is 0 Å². The average Bonchev–Trinajstić information content (AvgIpc) is 3.40. The van der Waals surface area contributed by atoms with Gasteiger partial charge in [0.1, 0.15) is 0 Å². The SMILES string of the molecule is CC1=C(C#N)[C@@H](c2ccc(C#N)cc2S(=O)(=O)NCC2CCOC2)NC(=O)N1c1cccc(C(F)(F)F)c1. The van der Waals surface area contributed by atoms with Gasteiger partial charge in [-0.3, -0.25) is 4.90 Å². The van der Waals surface area contributed by atoms with E-state index in [4.69, 9.17) is 4.74 Å². The van der Waals surface area contributed by atoms with Crippen molar-refractivity contribution in [1.82, 2.24) is 10.0 Å². The molecule has 1 unspecified atom stereocenters. The van der Waals surface area contributed by atoms with E-state index >= 15 is 0 Å². The van der Waals surface area contributed by atoms with E-state index < -0.39 is 33.8 Å². The summed E-state index contributed by atoms with van der Waals surface area (Å²) in [6.45, 7) is 2.41. The van der Waals surface area contributed by atoms with Gasteiger partial charge in [-0.05, 0) is 55.2 Å². The monoisotopic (exact) mass is 545 g/mol. The Labute approximate surface area is 217 Å². The molecule has 2 aliphatic heterocycles. The van der Waals surface area contributed by atoms with E-state index in [9.17, 15) is 36.9 Å². The molecule has 0 radical (unpaired) electrons. The second kappa shape index (κ2) is 10.5. The maximum Gasteiger partial charge on any atom is 0.416 e. The molecule has 0 bridgehead atoms. The van der Waals surface area contributed by atoms with Gasteiger partial charge in [-0.25, -0.2) is 17.9 Å². The van der Waals surface area contributed by atoms with Crippen LogP contribution in [-0.4, -0.2) is 34.2 Å². The molecule has 0 spiro atoms. The van der Waals surface area contributed by atoms with Gasteiger partial charge in [0.15, 0.2) is 0 Å². The van der Waals surface area contributed by atoms with E-state index in [0.717, 1.165) is 29.2 Å². The highest BCUT2D eigenvalue weighted by atomic mass is 32.2. The van der Waals surface area contributed by atoms with Crippen LogP contribution >= 0.6 is 0 Å². The number of ether oxygens (including phenoxy) is 1. The summed E-state index contributed by atoms with van der Waals surface area (Å²) in [5.74, 6) is -0.0282. The van der Waals surface area contributed by atoms with Crippen molar-refractivity contribution in [2.24, 2.45) is 5.92 Å². The minimum absolute atomic E-state index is 0.0282. The van der Waals surface area contributed by atoms with Gasteiger partial charge in [0.25, 0.3) is 0 Å². The Morgan fingerprint density at radius 3 is 2.58 bits per heavy atom. The molecule has 1 saturated heterocycles. The summed E-state index contributed by atoms with van der Waals surface area (Å²) in [6, 6.07) is 9.67. The number of hydrogen-bond donors (Lipinski definition) is 2. The summed E-state index contributed by atoms with van der Waals surface area (Å²) in [5, 5.41) is 21.9. The van der Waals surface area contributed by atoms with Gasteiger partial charge in [-0.1, -0.05) is 12.1 Å². The molecular weight excluding hydrogens is 523 g/mol. The Morgan fingerprint density at radius 1 is 1.18 bits per heavy atom. The fourth-order valence-electron chi connectivity index (χ4n) is 4.38. The first-order chi connectivity index (χ1) is 18.0. The number of carbonyl (C=O) groups excluding carboxylic acids is 1. The number of urea groups is 1. The van der Waals surface area contributed by atoms with Crippen LogP contribution < -0.4 is 14.9 Å². The van der Waals surface area contributed by atoms with Crippen LogP contribution in [0.3, 0.4) is 0 Å². The smallest absolute Gasteiger partial charge is 0.381 e. The fraction of sp³-hybridized carbons (Fsp3) is 0.320. The number of nitrogens with zero attached hydrogens (tertiary/aromatic N) is 3. The minimum Gasteiger partial charge on any atom is -0.381 e. The molecule has 2 amide bonds. The first kappa shape index (κ1) is 27.1. The van der Waals surface area contributed by atoms with E-state index in [-0.39, 0.29) is 45.4 Å². The normalized spacial score (nSPS) is 20.2. The van der Waals surface area contributed by atoms with Crippen molar-refractivity contribution in [1.29, 1.82) is 10.5 Å². The number of halogens is 3. The lowest BCUT2D eigenvalue weighted by atomic mass is 9.94. The van der Waals surface area contributed by atoms with Gasteiger partial charge in [-0.15, -0.1) is 0 Å². The van der Waals surface area contributed by atoms with Crippen molar-refractivity contribution >= 4 is 21.7 Å². The maximum absolute atomic E-state index is 13.3. The molecule has 4 rings (SSSR count). The van der Waals surface area contributed by atoms with E-state index in [1.807, 2.05) is 12.1 Å². The Bertz CT molecular complexity index is 1490. The van der Waals surface area contributed by atoms with Crippen LogP contribution in [0, 0.1) is 28.6 Å². The number of hydrogen-bond acceptors (Lipinski definition) is 6. The van der Waals surface area contributed by atoms with Gasteiger partial charge >= 0.3 is 12.2 Å². The third-order valence-electron chi connectivity index (χ3n) is 6.37. The highest BCUT2D eigenvalue weighted by Gasteiger charge is 2.37. The topological polar surface area (TPSA) is 135 Å². The minimum atomic E-state index is -4.65. The van der Waals surface area contributed by atoms with Crippen molar-refractivity contribution in [3.05, 3.63) is 70.4 Å². The van der Waals surface area contributed by atoms with E-state index in [0.29, 0.717) is 19.6 Å². The molecule has 13 heteroatoms. The van der Waals surface area contributed by atoms with Crippen LogP contribution in [0.1, 0.15) is 36.1 Å². The van der Waals surface area contributed by atoms with Crippen molar-refractivity contribution in [2.75, 3.05) is 24.7 Å². The lowest BCUT2D eigenvalue weighted by Crippen LogP contribution is -2.47. The van der Waals surface area contributed by atoms with Crippen LogP contribution in [0.15, 0.2) is 58.6 Å². The molecule has 0 aromatic heterocycles. The first-order valence-corrected chi connectivity index (χ1v) is 12.9. The Balaban J connectivity index is 1.77. The molecule has 2 aromatic carbocycles. The molecule has 198 valence electrons. The first-order valence-electron chi connectivity index (χ1n) is 11.5. The molecule has 2 aliphatic rings. The number of nitriles is 2. The lowest BCUT2D eigenvalue weighted by Gasteiger charge is -2.34. The molecule has 2 aromatic rings. The van der Waals surface area contributed by atoms with Crippen LogP contribution in [0.2, 0.25) is 0 Å². The predicted octanol–water partition coefficient (Wildman–Crippen LogP) is 3.96. The van der Waals surface area contributed by atoms with Gasteiger partial charge in [0.2, 0.25) is 10.0 Å². The number of rotatable bonds is 6. The number of anilines is 1. The molecule has 2 N–H and O–H groups in total. The van der Waals surface area contributed by atoms with Crippen LogP contribution in [0.5, 0.6) is 0 Å². The number of allylic oxidation sites excluding steroid dienone is 1. The summed E-state index contributed by atoms with van der Waals surface area (Å²) in [6.07, 6.45) is -3.97. The molecule has 0 saturated carbocycles. The highest BCUT2D eigenvalue weighted by Crippen LogP contribution is 2.38. The number of nitrogens with one attached hydrogen (secondary N) is 2. The Kier molecular flexibility index (Phi) is 7.47. The second-order valence-electron chi connectivity index (χ2n) is 8.82. The standard InChI is InChI=1S/C25H22F3N5O4S/c1-15-21(12-30)23(32-24(34)33(15)19-4-2-3-18(10-19)25(26,27)28)20-6-5-16(11-29)9-22(20)38(35,36)31-13-17-7-8-37-14-17/h2-6,9-10,17,23,31H,7-8,13-14H2,1H3,(H,32,34)/t17?,23-/m1/s1. The lowest BCUT2D eigenvalue weighted by molar-refractivity contribution is -0.137. The fourth-order valence-corrected chi connectivity index (χ4v) is 5.77. The van der Waals surface area contributed by atoms with E-state index in [1.165, 1.54) is 25.1 Å². The average molecular weight is 546 g/mol. The van der Waals surface area contributed by atoms with Crippen molar-refractivity contribution in [2.45, 2.75) is 30.5 Å². The number of sulfonamides is 1. The number of benzene rings is 2. The zero-order valence-electron chi connectivity index (χ0n) is 20.0. The summed E-state index contributed by atoms with van der Waals surface area (Å²) < 4.78 is 74.2. The van der Waals surface area contributed by atoms with Gasteiger partial charge < -0.3 is 10.1 Å². The molecule has 9 nitrogen and oxygen atoms in total. The van der Waals surface area contributed by atoms with Crippen molar-refractivity contribution < 1.29 is 31.1 Å². The summed E-state index contributed by atoms with van der Waals surface area (Å²) in [5.41, 5.74) is -1.06. The molecular formula is C25H22F3N5O4S. The van der Waals surface area contributed by atoms with E-state index in [1.54, 1.807) is 0 Å². The number of alkyl halides is 3. The van der Waals surface area contributed by atoms with Crippen LogP contribution in [0.25, 0.3) is 0 Å². The highest BCUT2D eigenvalue weighted by molar-refractivity contribution is 7.89. The Hall–Kier alpha value is -3.91. The molecule has 1 fully saturated rings.